The van der Waals surface area contributed by atoms with Gasteiger partial charge in [-0.3, -0.25) is 14.9 Å². The first-order valence-corrected chi connectivity index (χ1v) is 7.28. The summed E-state index contributed by atoms with van der Waals surface area (Å²) in [7, 11) is 0. The smallest absolute Gasteiger partial charge is 0.323 e. The molecule has 0 aromatic carbocycles. The first-order chi connectivity index (χ1) is 9.95. The average Bonchev–Trinajstić information content (AvgIpc) is 2.97. The Balaban J connectivity index is 2.06. The summed E-state index contributed by atoms with van der Waals surface area (Å²) < 4.78 is 1.37. The molecule has 2 aromatic heterocycles. The van der Waals surface area contributed by atoms with E-state index in [1.165, 1.54) is 15.9 Å². The van der Waals surface area contributed by atoms with Gasteiger partial charge in [-0.1, -0.05) is 25.2 Å². The summed E-state index contributed by atoms with van der Waals surface area (Å²) in [6, 6.07) is 3.19. The highest BCUT2D eigenvalue weighted by atomic mass is 32.1. The summed E-state index contributed by atoms with van der Waals surface area (Å²) >= 11 is 1.33. The van der Waals surface area contributed by atoms with Crippen molar-refractivity contribution in [1.82, 2.24) is 14.8 Å². The van der Waals surface area contributed by atoms with Crippen LogP contribution in [0.5, 0.6) is 0 Å². The number of amides is 1. The monoisotopic (exact) mass is 308 g/mol. The van der Waals surface area contributed by atoms with Crippen molar-refractivity contribution in [2.75, 3.05) is 5.32 Å². The Labute approximate surface area is 125 Å². The summed E-state index contributed by atoms with van der Waals surface area (Å²) in [5, 5.41) is 20.7. The minimum atomic E-state index is -1.00. The van der Waals surface area contributed by atoms with Gasteiger partial charge in [0.15, 0.2) is 0 Å². The van der Waals surface area contributed by atoms with Crippen molar-refractivity contribution in [3.05, 3.63) is 29.0 Å². The van der Waals surface area contributed by atoms with Crippen molar-refractivity contribution in [1.29, 1.82) is 0 Å². The highest BCUT2D eigenvalue weighted by Crippen LogP contribution is 2.19. The first-order valence-electron chi connectivity index (χ1n) is 6.46. The van der Waals surface area contributed by atoms with Crippen LogP contribution in [0.15, 0.2) is 18.3 Å². The lowest BCUT2D eigenvalue weighted by atomic mass is 10.1. The Morgan fingerprint density at radius 3 is 2.86 bits per heavy atom. The third-order valence-electron chi connectivity index (χ3n) is 2.64. The van der Waals surface area contributed by atoms with Gasteiger partial charge in [-0.2, -0.15) is 0 Å². The number of hydrogen-bond donors (Lipinski definition) is 2. The maximum absolute atomic E-state index is 12.1. The van der Waals surface area contributed by atoms with E-state index >= 15 is 0 Å². The largest absolute Gasteiger partial charge is 0.480 e. The van der Waals surface area contributed by atoms with Crippen molar-refractivity contribution < 1.29 is 14.7 Å². The van der Waals surface area contributed by atoms with Crippen LogP contribution >= 0.6 is 11.3 Å². The number of nitrogens with zero attached hydrogens (tertiary/aromatic N) is 3. The second-order valence-corrected chi connectivity index (χ2v) is 6.03. The quantitative estimate of drug-likeness (QED) is 0.849. The molecular weight excluding hydrogens is 292 g/mol. The van der Waals surface area contributed by atoms with E-state index in [2.05, 4.69) is 29.4 Å². The molecule has 0 aliphatic heterocycles. The SMILES string of the molecule is CC(C)Cc1nnc(NC(=O)c2cccn2CC(=O)O)s1. The van der Waals surface area contributed by atoms with Crippen molar-refractivity contribution >= 4 is 28.3 Å². The Bertz CT molecular complexity index is 647. The fourth-order valence-corrected chi connectivity index (χ4v) is 2.75. The first kappa shape index (κ1) is 15.2. The number of carbonyl (C=O) groups excluding carboxylic acids is 1. The van der Waals surface area contributed by atoms with Gasteiger partial charge in [0.25, 0.3) is 5.91 Å². The minimum Gasteiger partial charge on any atom is -0.480 e. The van der Waals surface area contributed by atoms with Crippen LogP contribution in [0.25, 0.3) is 0 Å². The van der Waals surface area contributed by atoms with E-state index in [-0.39, 0.29) is 12.2 Å². The van der Waals surface area contributed by atoms with Crippen molar-refractivity contribution in [2.45, 2.75) is 26.8 Å². The summed E-state index contributed by atoms with van der Waals surface area (Å²) in [6.45, 7) is 3.90. The molecule has 0 spiro atoms. The molecule has 0 fully saturated rings. The Kier molecular flexibility index (Phi) is 4.69. The molecule has 7 nitrogen and oxygen atoms in total. The summed E-state index contributed by atoms with van der Waals surface area (Å²) in [6.07, 6.45) is 2.36. The molecule has 2 heterocycles. The third-order valence-corrected chi connectivity index (χ3v) is 3.50. The molecule has 112 valence electrons. The molecule has 2 aromatic rings. The molecule has 0 atom stereocenters. The number of aromatic nitrogens is 3. The van der Waals surface area contributed by atoms with Crippen LogP contribution in [0.4, 0.5) is 5.13 Å². The second kappa shape index (κ2) is 6.49. The fourth-order valence-electron chi connectivity index (χ4n) is 1.80. The molecule has 0 bridgehead atoms. The van der Waals surface area contributed by atoms with E-state index in [0.29, 0.717) is 11.0 Å². The van der Waals surface area contributed by atoms with E-state index in [1.54, 1.807) is 18.3 Å². The number of carbonyl (C=O) groups is 2. The molecule has 0 aliphatic rings. The summed E-state index contributed by atoms with van der Waals surface area (Å²) in [4.78, 5) is 22.9. The van der Waals surface area contributed by atoms with Crippen LogP contribution in [0, 0.1) is 5.92 Å². The van der Waals surface area contributed by atoms with Gasteiger partial charge in [0.1, 0.15) is 17.2 Å². The lowest BCUT2D eigenvalue weighted by Gasteiger charge is -2.05. The molecule has 0 saturated carbocycles. The Morgan fingerprint density at radius 1 is 1.43 bits per heavy atom. The Morgan fingerprint density at radius 2 is 2.19 bits per heavy atom. The molecule has 2 rings (SSSR count). The lowest BCUT2D eigenvalue weighted by molar-refractivity contribution is -0.137. The second-order valence-electron chi connectivity index (χ2n) is 4.97. The third kappa shape index (κ3) is 4.12. The van der Waals surface area contributed by atoms with E-state index in [1.807, 2.05) is 0 Å². The molecular formula is C13H16N4O3S. The zero-order valence-corrected chi connectivity index (χ0v) is 12.6. The van der Waals surface area contributed by atoms with E-state index in [9.17, 15) is 9.59 Å². The highest BCUT2D eigenvalue weighted by molar-refractivity contribution is 7.15. The van der Waals surface area contributed by atoms with Gasteiger partial charge in [-0.05, 0) is 18.1 Å². The van der Waals surface area contributed by atoms with Crippen LogP contribution in [0.1, 0.15) is 29.3 Å². The number of nitrogens with one attached hydrogen (secondary N) is 1. The predicted molar refractivity (Wildman–Crippen MR) is 78.5 cm³/mol. The number of anilines is 1. The van der Waals surface area contributed by atoms with E-state index in [0.717, 1.165) is 11.4 Å². The number of carboxylic acids is 1. The Hall–Kier alpha value is -2.22. The molecule has 2 N–H and O–H groups in total. The standard InChI is InChI=1S/C13H16N4O3S/c1-8(2)6-10-15-16-13(21-10)14-12(20)9-4-3-5-17(9)7-11(18)19/h3-5,8H,6-7H2,1-2H3,(H,18,19)(H,14,16,20). The van der Waals surface area contributed by atoms with E-state index in [4.69, 9.17) is 5.11 Å². The fraction of sp³-hybridized carbons (Fsp3) is 0.385. The molecule has 8 heteroatoms. The van der Waals surface area contributed by atoms with Crippen LogP contribution in [0.3, 0.4) is 0 Å². The van der Waals surface area contributed by atoms with E-state index < -0.39 is 11.9 Å². The number of rotatable bonds is 6. The molecule has 21 heavy (non-hydrogen) atoms. The zero-order chi connectivity index (χ0) is 15.4. The average molecular weight is 308 g/mol. The van der Waals surface area contributed by atoms with Crippen LogP contribution in [-0.4, -0.2) is 31.7 Å². The van der Waals surface area contributed by atoms with Gasteiger partial charge < -0.3 is 9.67 Å². The van der Waals surface area contributed by atoms with Crippen LogP contribution in [0.2, 0.25) is 0 Å². The van der Waals surface area contributed by atoms with Gasteiger partial charge in [0.2, 0.25) is 5.13 Å². The maximum Gasteiger partial charge on any atom is 0.323 e. The molecule has 0 aliphatic carbocycles. The number of carboxylic acid groups (broad SMARTS) is 1. The predicted octanol–water partition coefficient (Wildman–Crippen LogP) is 1.87. The maximum atomic E-state index is 12.1. The minimum absolute atomic E-state index is 0.259. The van der Waals surface area contributed by atoms with Crippen LogP contribution in [-0.2, 0) is 17.8 Å². The van der Waals surface area contributed by atoms with Gasteiger partial charge in [-0.25, -0.2) is 0 Å². The normalized spacial score (nSPS) is 10.8. The van der Waals surface area contributed by atoms with Gasteiger partial charge in [-0.15, -0.1) is 10.2 Å². The highest BCUT2D eigenvalue weighted by Gasteiger charge is 2.15. The zero-order valence-electron chi connectivity index (χ0n) is 11.7. The number of aliphatic carboxylic acids is 1. The van der Waals surface area contributed by atoms with Gasteiger partial charge in [0, 0.05) is 12.6 Å². The lowest BCUT2D eigenvalue weighted by Crippen LogP contribution is -2.19. The molecule has 1 amide bonds. The van der Waals surface area contributed by atoms with Crippen molar-refractivity contribution in [2.24, 2.45) is 5.92 Å². The van der Waals surface area contributed by atoms with Gasteiger partial charge >= 0.3 is 5.97 Å². The van der Waals surface area contributed by atoms with Crippen LogP contribution < -0.4 is 5.32 Å². The van der Waals surface area contributed by atoms with Crippen molar-refractivity contribution in [3.63, 3.8) is 0 Å². The molecule has 0 radical (unpaired) electrons. The summed E-state index contributed by atoms with van der Waals surface area (Å²) in [5.41, 5.74) is 0.276. The van der Waals surface area contributed by atoms with Crippen molar-refractivity contribution in [3.8, 4) is 0 Å². The summed E-state index contributed by atoms with van der Waals surface area (Å²) in [5.74, 6) is -0.932. The molecule has 0 saturated heterocycles. The van der Waals surface area contributed by atoms with Gasteiger partial charge in [0.05, 0.1) is 0 Å². The topological polar surface area (TPSA) is 97.1 Å². The number of hydrogen-bond acceptors (Lipinski definition) is 5. The molecule has 0 unspecified atom stereocenters.